The zero-order chi connectivity index (χ0) is 26.5. The van der Waals surface area contributed by atoms with Gasteiger partial charge in [-0.3, -0.25) is 24.6 Å². The van der Waals surface area contributed by atoms with Crippen LogP contribution in [0.2, 0.25) is 0 Å². The molecule has 1 aromatic carbocycles. The zero-order valence-corrected chi connectivity index (χ0v) is 21.8. The van der Waals surface area contributed by atoms with Gasteiger partial charge in [0.2, 0.25) is 11.8 Å². The Morgan fingerprint density at radius 3 is 2.32 bits per heavy atom. The molecule has 10 nitrogen and oxygen atoms in total. The first-order valence-electron chi connectivity index (χ1n) is 13.2. The van der Waals surface area contributed by atoms with Crippen molar-refractivity contribution in [2.75, 3.05) is 31.1 Å². The number of amides is 4. The Balaban J connectivity index is 1.21. The van der Waals surface area contributed by atoms with Crippen LogP contribution in [0.25, 0.3) is 0 Å². The van der Waals surface area contributed by atoms with Gasteiger partial charge in [-0.05, 0) is 76.5 Å². The molecule has 4 aliphatic rings. The number of hydrogen-bond donors (Lipinski definition) is 2. The molecule has 2 N–H and O–H groups in total. The Labute approximate surface area is 216 Å². The van der Waals surface area contributed by atoms with Crippen LogP contribution in [0.1, 0.15) is 81.4 Å². The van der Waals surface area contributed by atoms with Crippen molar-refractivity contribution in [1.29, 1.82) is 0 Å². The van der Waals surface area contributed by atoms with Crippen LogP contribution in [0, 0.1) is 5.41 Å². The molecule has 10 heteroatoms. The molecule has 2 atom stereocenters. The van der Waals surface area contributed by atoms with Crippen LogP contribution in [0.4, 0.5) is 10.5 Å². The topological polar surface area (TPSA) is 119 Å². The van der Waals surface area contributed by atoms with Gasteiger partial charge in [0.05, 0.1) is 0 Å². The number of aliphatic hydroxyl groups excluding tert-OH is 1. The highest BCUT2D eigenvalue weighted by molar-refractivity contribution is 6.05. The van der Waals surface area contributed by atoms with Gasteiger partial charge >= 0.3 is 6.09 Å². The van der Waals surface area contributed by atoms with E-state index in [2.05, 4.69) is 10.2 Å². The highest BCUT2D eigenvalue weighted by atomic mass is 16.6. The van der Waals surface area contributed by atoms with Crippen LogP contribution in [0.15, 0.2) is 18.2 Å². The largest absolute Gasteiger partial charge is 0.444 e. The van der Waals surface area contributed by atoms with Gasteiger partial charge in [-0.15, -0.1) is 0 Å². The third kappa shape index (κ3) is 4.91. The summed E-state index contributed by atoms with van der Waals surface area (Å²) < 4.78 is 5.53. The minimum atomic E-state index is -1.22. The fraction of sp³-hybridized carbons (Fsp3) is 0.630. The van der Waals surface area contributed by atoms with Gasteiger partial charge in [0.25, 0.3) is 5.91 Å². The van der Waals surface area contributed by atoms with E-state index in [0.717, 1.165) is 44.5 Å². The van der Waals surface area contributed by atoms with Crippen molar-refractivity contribution >= 4 is 29.5 Å². The number of fused-ring (bicyclic) bond motifs is 1. The normalized spacial score (nSPS) is 25.8. The van der Waals surface area contributed by atoms with Crippen molar-refractivity contribution in [2.45, 2.75) is 77.2 Å². The number of carbonyl (C=O) groups is 4. The number of nitrogens with zero attached hydrogens (tertiary/aromatic N) is 3. The predicted molar refractivity (Wildman–Crippen MR) is 135 cm³/mol. The summed E-state index contributed by atoms with van der Waals surface area (Å²) in [6, 6.07) is 4.62. The lowest BCUT2D eigenvalue weighted by atomic mass is 9.71. The second-order valence-electron chi connectivity index (χ2n) is 11.8. The highest BCUT2D eigenvalue weighted by Gasteiger charge is 2.45. The van der Waals surface area contributed by atoms with Gasteiger partial charge in [0, 0.05) is 49.4 Å². The predicted octanol–water partition coefficient (Wildman–Crippen LogP) is 2.56. The standard InChI is InChI=1S/C27H36N4O6/c1-26(2,3)37-25(36)30-14-10-27(11-15-30)8-12-29(13-9-27)17-4-5-18-19(16-17)24(35)31(23(18)34)20-6-7-21(32)28-22(20)33/h4-5,16,20,24,35H,6-15H2,1-3H3,(H,28,32,33). The first-order chi connectivity index (χ1) is 17.5. The van der Waals surface area contributed by atoms with E-state index in [1.807, 2.05) is 37.8 Å². The first-order valence-corrected chi connectivity index (χ1v) is 13.2. The number of likely N-dealkylation sites (tertiary alicyclic amines) is 1. The average Bonchev–Trinajstić information content (AvgIpc) is 3.08. The Morgan fingerprint density at radius 2 is 1.70 bits per heavy atom. The number of nitrogens with one attached hydrogen (secondary N) is 1. The number of benzene rings is 1. The van der Waals surface area contributed by atoms with E-state index >= 15 is 0 Å². The van der Waals surface area contributed by atoms with Crippen LogP contribution in [0.5, 0.6) is 0 Å². The molecule has 1 spiro atoms. The number of rotatable bonds is 2. The molecule has 0 radical (unpaired) electrons. The van der Waals surface area contributed by atoms with E-state index in [4.69, 9.17) is 4.74 Å². The third-order valence-electron chi connectivity index (χ3n) is 8.25. The number of piperidine rings is 3. The van der Waals surface area contributed by atoms with Crippen LogP contribution >= 0.6 is 0 Å². The SMILES string of the molecule is CC(C)(C)OC(=O)N1CCC2(CC1)CCN(c1ccc3c(c1)C(O)N(C1CCC(=O)NC1=O)C3=O)CC2. The van der Waals surface area contributed by atoms with Crippen molar-refractivity contribution in [3.8, 4) is 0 Å². The van der Waals surface area contributed by atoms with Crippen molar-refractivity contribution < 1.29 is 29.0 Å². The van der Waals surface area contributed by atoms with Crippen LogP contribution < -0.4 is 10.2 Å². The van der Waals surface area contributed by atoms with E-state index < -0.39 is 29.7 Å². The maximum absolute atomic E-state index is 13.0. The zero-order valence-electron chi connectivity index (χ0n) is 21.8. The summed E-state index contributed by atoms with van der Waals surface area (Å²) in [7, 11) is 0. The molecule has 4 aliphatic heterocycles. The maximum atomic E-state index is 13.0. The Kier molecular flexibility index (Phi) is 6.42. The van der Waals surface area contributed by atoms with Crippen LogP contribution in [-0.4, -0.2) is 76.5 Å². The minimum Gasteiger partial charge on any atom is -0.444 e. The fourth-order valence-corrected chi connectivity index (χ4v) is 6.04. The molecule has 3 fully saturated rings. The number of carbonyl (C=O) groups excluding carboxylic acids is 4. The Morgan fingerprint density at radius 1 is 1.05 bits per heavy atom. The molecule has 3 saturated heterocycles. The molecule has 0 aromatic heterocycles. The van der Waals surface area contributed by atoms with Gasteiger partial charge in [-0.2, -0.15) is 0 Å². The Bertz CT molecular complexity index is 1110. The van der Waals surface area contributed by atoms with E-state index in [-0.39, 0.29) is 30.3 Å². The summed E-state index contributed by atoms with van der Waals surface area (Å²) in [6.07, 6.45) is 2.81. The molecule has 1 aromatic rings. The molecule has 200 valence electrons. The molecular weight excluding hydrogens is 476 g/mol. The van der Waals surface area contributed by atoms with Crippen molar-refractivity contribution in [2.24, 2.45) is 5.41 Å². The quantitative estimate of drug-likeness (QED) is 0.585. The highest BCUT2D eigenvalue weighted by Crippen LogP contribution is 2.43. The molecule has 4 amide bonds. The number of aliphatic hydroxyl groups is 1. The monoisotopic (exact) mass is 512 g/mol. The van der Waals surface area contributed by atoms with Crippen LogP contribution in [-0.2, 0) is 14.3 Å². The number of hydrogen-bond acceptors (Lipinski definition) is 7. The molecule has 0 bridgehead atoms. The van der Waals surface area contributed by atoms with E-state index in [1.54, 1.807) is 6.07 Å². The lowest BCUT2D eigenvalue weighted by molar-refractivity contribution is -0.139. The lowest BCUT2D eigenvalue weighted by Gasteiger charge is -2.47. The fourth-order valence-electron chi connectivity index (χ4n) is 6.04. The molecule has 37 heavy (non-hydrogen) atoms. The van der Waals surface area contributed by atoms with Gasteiger partial charge in [0.1, 0.15) is 11.6 Å². The van der Waals surface area contributed by atoms with E-state index in [9.17, 15) is 24.3 Å². The van der Waals surface area contributed by atoms with Gasteiger partial charge < -0.3 is 19.6 Å². The summed E-state index contributed by atoms with van der Waals surface area (Å²) in [5.74, 6) is -1.30. The first kappa shape index (κ1) is 25.5. The summed E-state index contributed by atoms with van der Waals surface area (Å²) in [6.45, 7) is 8.76. The second-order valence-corrected chi connectivity index (χ2v) is 11.8. The summed E-state index contributed by atoms with van der Waals surface area (Å²) in [5, 5.41) is 13.3. The second kappa shape index (κ2) is 9.31. The lowest BCUT2D eigenvalue weighted by Crippen LogP contribution is -2.53. The van der Waals surface area contributed by atoms with Crippen molar-refractivity contribution in [3.05, 3.63) is 29.3 Å². The van der Waals surface area contributed by atoms with Crippen molar-refractivity contribution in [3.63, 3.8) is 0 Å². The van der Waals surface area contributed by atoms with Crippen LogP contribution in [0.3, 0.4) is 0 Å². The average molecular weight is 513 g/mol. The van der Waals surface area contributed by atoms with Gasteiger partial charge in [-0.25, -0.2) is 4.79 Å². The summed E-state index contributed by atoms with van der Waals surface area (Å²) >= 11 is 0. The number of ether oxygens (including phenoxy) is 1. The van der Waals surface area contributed by atoms with Crippen molar-refractivity contribution in [1.82, 2.24) is 15.1 Å². The molecule has 4 heterocycles. The maximum Gasteiger partial charge on any atom is 0.410 e. The number of imide groups is 1. The van der Waals surface area contributed by atoms with E-state index in [1.165, 1.54) is 4.90 Å². The molecule has 2 unspecified atom stereocenters. The molecular formula is C27H36N4O6. The minimum absolute atomic E-state index is 0.138. The van der Waals surface area contributed by atoms with E-state index in [0.29, 0.717) is 24.2 Å². The molecule has 5 rings (SSSR count). The third-order valence-corrected chi connectivity index (χ3v) is 8.25. The number of anilines is 1. The Hall–Kier alpha value is -3.14. The molecule has 0 saturated carbocycles. The summed E-state index contributed by atoms with van der Waals surface area (Å²) in [4.78, 5) is 54.6. The van der Waals surface area contributed by atoms with Gasteiger partial charge in [0.15, 0.2) is 6.23 Å². The van der Waals surface area contributed by atoms with Gasteiger partial charge in [-0.1, -0.05) is 0 Å². The smallest absolute Gasteiger partial charge is 0.410 e. The molecule has 0 aliphatic carbocycles. The summed E-state index contributed by atoms with van der Waals surface area (Å²) in [5.41, 5.74) is 1.55.